The summed E-state index contributed by atoms with van der Waals surface area (Å²) in [5, 5.41) is 7.95. The maximum absolute atomic E-state index is 4.47. The average Bonchev–Trinajstić information content (AvgIpc) is 2.57. The molecule has 0 fully saturated rings. The van der Waals surface area contributed by atoms with E-state index < -0.39 is 0 Å². The van der Waals surface area contributed by atoms with Gasteiger partial charge >= 0.3 is 0 Å². The van der Waals surface area contributed by atoms with Gasteiger partial charge in [0.05, 0.1) is 5.69 Å². The van der Waals surface area contributed by atoms with Crippen LogP contribution in [-0.2, 0) is 13.5 Å². The van der Waals surface area contributed by atoms with Crippen molar-refractivity contribution < 1.29 is 0 Å². The minimum atomic E-state index is 0.728. The first-order valence-corrected chi connectivity index (χ1v) is 7.30. The third-order valence-corrected chi connectivity index (χ3v) is 3.63. The number of aryl methyl sites for hydroxylation is 2. The van der Waals surface area contributed by atoms with Gasteiger partial charge in [-0.25, -0.2) is 0 Å². The second kappa shape index (κ2) is 7.65. The first-order valence-electron chi connectivity index (χ1n) is 7.30. The van der Waals surface area contributed by atoms with Gasteiger partial charge in [0.1, 0.15) is 0 Å². The van der Waals surface area contributed by atoms with Gasteiger partial charge in [-0.05, 0) is 45.3 Å². The third-order valence-electron chi connectivity index (χ3n) is 3.63. The van der Waals surface area contributed by atoms with Crippen molar-refractivity contribution in [3.63, 3.8) is 0 Å². The molecule has 0 bridgehead atoms. The summed E-state index contributed by atoms with van der Waals surface area (Å²) in [6.45, 7) is 13.1. The Morgan fingerprint density at radius 3 is 2.47 bits per heavy atom. The van der Waals surface area contributed by atoms with Crippen molar-refractivity contribution in [2.45, 2.75) is 34.1 Å². The molecule has 0 saturated heterocycles. The molecule has 1 aromatic heterocycles. The third kappa shape index (κ3) is 5.33. The standard InChI is InChI=1S/C15H30N4/c1-12(2)11-16-8-10-18(5)9-7-15-13(3)17-19(6)14(15)4/h12,16H,7-11H2,1-6H3. The molecule has 4 heteroatoms. The van der Waals surface area contributed by atoms with Crippen molar-refractivity contribution in [2.24, 2.45) is 13.0 Å². The summed E-state index contributed by atoms with van der Waals surface area (Å²) in [4.78, 5) is 2.39. The second-order valence-corrected chi connectivity index (χ2v) is 5.92. The van der Waals surface area contributed by atoms with Crippen LogP contribution in [0.15, 0.2) is 0 Å². The molecule has 1 rings (SSSR count). The van der Waals surface area contributed by atoms with E-state index in [0.29, 0.717) is 0 Å². The molecule has 1 heterocycles. The van der Waals surface area contributed by atoms with Gasteiger partial charge in [0.25, 0.3) is 0 Å². The molecule has 0 aliphatic rings. The molecule has 1 N–H and O–H groups in total. The van der Waals surface area contributed by atoms with E-state index in [1.165, 1.54) is 17.0 Å². The molecule has 19 heavy (non-hydrogen) atoms. The lowest BCUT2D eigenvalue weighted by atomic mass is 10.1. The maximum Gasteiger partial charge on any atom is 0.0628 e. The summed E-state index contributed by atoms with van der Waals surface area (Å²) < 4.78 is 1.98. The second-order valence-electron chi connectivity index (χ2n) is 5.92. The molecule has 0 aliphatic heterocycles. The Hall–Kier alpha value is -0.870. The molecule has 0 aliphatic carbocycles. The molecule has 1 aromatic rings. The molecule has 0 saturated carbocycles. The minimum Gasteiger partial charge on any atom is -0.315 e. The van der Waals surface area contributed by atoms with Crippen molar-refractivity contribution >= 4 is 0 Å². The van der Waals surface area contributed by atoms with Gasteiger partial charge < -0.3 is 10.2 Å². The molecule has 0 unspecified atom stereocenters. The van der Waals surface area contributed by atoms with Crippen LogP contribution in [0.1, 0.15) is 30.8 Å². The quantitative estimate of drug-likeness (QED) is 0.728. The van der Waals surface area contributed by atoms with Crippen LogP contribution in [0.3, 0.4) is 0 Å². The lowest BCUT2D eigenvalue weighted by Gasteiger charge is -2.17. The highest BCUT2D eigenvalue weighted by atomic mass is 15.3. The first-order chi connectivity index (χ1) is 8.91. The molecule has 0 spiro atoms. The zero-order chi connectivity index (χ0) is 14.4. The van der Waals surface area contributed by atoms with Crippen LogP contribution in [0.25, 0.3) is 0 Å². The Bertz CT molecular complexity index is 382. The van der Waals surface area contributed by atoms with Crippen LogP contribution in [0.5, 0.6) is 0 Å². The van der Waals surface area contributed by atoms with Crippen molar-refractivity contribution in [3.8, 4) is 0 Å². The van der Waals surface area contributed by atoms with Gasteiger partial charge in [-0.3, -0.25) is 4.68 Å². The predicted molar refractivity (Wildman–Crippen MR) is 81.6 cm³/mol. The zero-order valence-corrected chi connectivity index (χ0v) is 13.5. The number of aromatic nitrogens is 2. The molecule has 0 aromatic carbocycles. The van der Waals surface area contributed by atoms with Gasteiger partial charge in [0, 0.05) is 32.4 Å². The largest absolute Gasteiger partial charge is 0.315 e. The number of nitrogens with zero attached hydrogens (tertiary/aromatic N) is 3. The van der Waals surface area contributed by atoms with Crippen LogP contribution in [0, 0.1) is 19.8 Å². The number of hydrogen-bond acceptors (Lipinski definition) is 3. The maximum atomic E-state index is 4.47. The fourth-order valence-corrected chi connectivity index (χ4v) is 2.25. The van der Waals surface area contributed by atoms with Gasteiger partial charge in [0.15, 0.2) is 0 Å². The van der Waals surface area contributed by atoms with E-state index >= 15 is 0 Å². The lowest BCUT2D eigenvalue weighted by Crippen LogP contribution is -2.32. The Kier molecular flexibility index (Phi) is 6.52. The highest BCUT2D eigenvalue weighted by Crippen LogP contribution is 2.12. The number of rotatable bonds is 8. The SMILES string of the molecule is Cc1nn(C)c(C)c1CCN(C)CCNCC(C)C. The van der Waals surface area contributed by atoms with Gasteiger partial charge in [-0.1, -0.05) is 13.8 Å². The normalized spacial score (nSPS) is 11.8. The Balaban J connectivity index is 2.28. The molecule has 4 nitrogen and oxygen atoms in total. The predicted octanol–water partition coefficient (Wildman–Crippen LogP) is 1.76. The Labute approximate surface area is 118 Å². The van der Waals surface area contributed by atoms with Gasteiger partial charge in [0.2, 0.25) is 0 Å². The van der Waals surface area contributed by atoms with Crippen molar-refractivity contribution in [2.75, 3.05) is 33.2 Å². The molecular weight excluding hydrogens is 236 g/mol. The zero-order valence-electron chi connectivity index (χ0n) is 13.5. The van der Waals surface area contributed by atoms with Crippen molar-refractivity contribution in [1.82, 2.24) is 20.0 Å². The highest BCUT2D eigenvalue weighted by Gasteiger charge is 2.09. The minimum absolute atomic E-state index is 0.728. The van der Waals surface area contributed by atoms with E-state index in [1.54, 1.807) is 0 Å². The molecule has 0 amide bonds. The Morgan fingerprint density at radius 2 is 1.95 bits per heavy atom. The van der Waals surface area contributed by atoms with Crippen LogP contribution in [-0.4, -0.2) is 47.9 Å². The molecule has 0 atom stereocenters. The summed E-state index contributed by atoms with van der Waals surface area (Å²) in [5.74, 6) is 0.728. The highest BCUT2D eigenvalue weighted by molar-refractivity contribution is 5.24. The average molecular weight is 266 g/mol. The summed E-state index contributed by atoms with van der Waals surface area (Å²) in [5.41, 5.74) is 3.87. The van der Waals surface area contributed by atoms with E-state index in [0.717, 1.165) is 38.5 Å². The number of nitrogens with one attached hydrogen (secondary N) is 1. The summed E-state index contributed by atoms with van der Waals surface area (Å²) >= 11 is 0. The van der Waals surface area contributed by atoms with Crippen molar-refractivity contribution in [3.05, 3.63) is 17.0 Å². The summed E-state index contributed by atoms with van der Waals surface area (Å²) in [7, 11) is 4.21. The number of hydrogen-bond donors (Lipinski definition) is 1. The smallest absolute Gasteiger partial charge is 0.0628 e. The summed E-state index contributed by atoms with van der Waals surface area (Å²) in [6, 6.07) is 0. The molecular formula is C15H30N4. The van der Waals surface area contributed by atoms with E-state index in [2.05, 4.69) is 50.1 Å². The van der Waals surface area contributed by atoms with Crippen LogP contribution < -0.4 is 5.32 Å². The topological polar surface area (TPSA) is 33.1 Å². The van der Waals surface area contributed by atoms with Crippen LogP contribution in [0.4, 0.5) is 0 Å². The lowest BCUT2D eigenvalue weighted by molar-refractivity contribution is 0.332. The first kappa shape index (κ1) is 16.2. The fourth-order valence-electron chi connectivity index (χ4n) is 2.25. The molecule has 0 radical (unpaired) electrons. The molecule has 110 valence electrons. The summed E-state index contributed by atoms with van der Waals surface area (Å²) in [6.07, 6.45) is 1.09. The van der Waals surface area contributed by atoms with Crippen molar-refractivity contribution in [1.29, 1.82) is 0 Å². The van der Waals surface area contributed by atoms with E-state index in [4.69, 9.17) is 0 Å². The van der Waals surface area contributed by atoms with Gasteiger partial charge in [-0.15, -0.1) is 0 Å². The van der Waals surface area contributed by atoms with Gasteiger partial charge in [-0.2, -0.15) is 5.10 Å². The van der Waals surface area contributed by atoms with Crippen LogP contribution >= 0.6 is 0 Å². The van der Waals surface area contributed by atoms with Crippen LogP contribution in [0.2, 0.25) is 0 Å². The fraction of sp³-hybridized carbons (Fsp3) is 0.800. The number of likely N-dealkylation sites (N-methyl/N-ethyl adjacent to an activating group) is 1. The van der Waals surface area contributed by atoms with E-state index in [-0.39, 0.29) is 0 Å². The Morgan fingerprint density at radius 1 is 1.26 bits per heavy atom. The monoisotopic (exact) mass is 266 g/mol. The van der Waals surface area contributed by atoms with E-state index in [9.17, 15) is 0 Å². The van der Waals surface area contributed by atoms with E-state index in [1.807, 2.05) is 11.7 Å².